The molecule has 1 aromatic carbocycles. The van der Waals surface area contributed by atoms with Crippen LogP contribution in [0.1, 0.15) is 25.6 Å². The fraction of sp³-hybridized carbons (Fsp3) is 0.385. The van der Waals surface area contributed by atoms with Gasteiger partial charge in [0.2, 0.25) is 0 Å². The Morgan fingerprint density at radius 1 is 1.31 bits per heavy atom. The number of aliphatic carboxylic acids is 2. The van der Waals surface area contributed by atoms with E-state index >= 15 is 0 Å². The number of carboxylic acid groups (broad SMARTS) is 2. The minimum Gasteiger partial charge on any atom is -0.479 e. The van der Waals surface area contributed by atoms with Gasteiger partial charge in [0.25, 0.3) is 5.60 Å². The van der Waals surface area contributed by atoms with E-state index in [9.17, 15) is 30.0 Å². The molecule has 3 heterocycles. The van der Waals surface area contributed by atoms with Crippen LogP contribution in [-0.4, -0.2) is 83.0 Å². The predicted octanol–water partition coefficient (Wildman–Crippen LogP) is 1.69. The molecule has 1 aliphatic rings. The Labute approximate surface area is 228 Å². The topological polar surface area (TPSA) is 176 Å². The van der Waals surface area contributed by atoms with Crippen LogP contribution >= 0.6 is 11.6 Å². The number of aromatic nitrogens is 3. The summed E-state index contributed by atoms with van der Waals surface area (Å²) in [6.07, 6.45) is 1.73. The first-order valence-corrected chi connectivity index (χ1v) is 12.3. The number of hydrogen-bond donors (Lipinski definition) is 5. The molecule has 1 saturated heterocycles. The highest BCUT2D eigenvalue weighted by atomic mass is 35.5. The highest BCUT2D eigenvalue weighted by molar-refractivity contribution is 6.30. The van der Waals surface area contributed by atoms with Crippen LogP contribution in [0, 0.1) is 12.3 Å². The van der Waals surface area contributed by atoms with Gasteiger partial charge in [-0.15, -0.1) is 6.42 Å². The number of terminal acetylenes is 1. The van der Waals surface area contributed by atoms with Gasteiger partial charge in [0.1, 0.15) is 22.9 Å². The zero-order valence-electron chi connectivity index (χ0n) is 21.0. The molecule has 4 atom stereocenters. The number of benzene rings is 1. The predicted molar refractivity (Wildman–Crippen MR) is 139 cm³/mol. The van der Waals surface area contributed by atoms with Gasteiger partial charge in [-0.25, -0.2) is 19.6 Å². The van der Waals surface area contributed by atoms with E-state index < -0.39 is 54.6 Å². The molecule has 0 bridgehead atoms. The average Bonchev–Trinajstić information content (AvgIpc) is 3.40. The Hall–Kier alpha value is -3.73. The van der Waals surface area contributed by atoms with Crippen molar-refractivity contribution < 1.29 is 39.5 Å². The summed E-state index contributed by atoms with van der Waals surface area (Å²) in [6, 6.07) is 9.68. The second kappa shape index (κ2) is 10.8. The number of fused-ring (bicyclic) bond motifs is 1. The molecular formula is C26H27ClN4O8. The maximum atomic E-state index is 12.2. The van der Waals surface area contributed by atoms with E-state index in [-0.39, 0.29) is 16.8 Å². The van der Waals surface area contributed by atoms with Crippen molar-refractivity contribution in [2.24, 2.45) is 0 Å². The average molecular weight is 559 g/mol. The van der Waals surface area contributed by atoms with Gasteiger partial charge in [-0.1, -0.05) is 47.9 Å². The van der Waals surface area contributed by atoms with Crippen LogP contribution in [-0.2, 0) is 25.5 Å². The van der Waals surface area contributed by atoms with E-state index in [0.29, 0.717) is 16.8 Å². The minimum atomic E-state index is -2.72. The summed E-state index contributed by atoms with van der Waals surface area (Å²) in [5, 5.41) is 45.3. The number of imidazole rings is 1. The van der Waals surface area contributed by atoms with Crippen LogP contribution in [0.25, 0.3) is 11.2 Å². The Balaban J connectivity index is 1.66. The molecule has 3 aromatic rings. The maximum absolute atomic E-state index is 12.2. The number of carbonyl (C=O) groups is 2. The zero-order chi connectivity index (χ0) is 28.5. The summed E-state index contributed by atoms with van der Waals surface area (Å²) in [4.78, 5) is 32.9. The molecule has 0 spiro atoms. The standard InChI is InChI=1S/C26H27ClN4O8/c1-4-25(37)17(12-38-26(23(33)34,24(35)36)11-15-8-6-5-7-9-15)39-22(20(25)32)31-13-28-19-16(29-14(2)3)10-18(27)30-21(19)31/h1,5-10,13-14,17,20,22,32,37H,11-12H2,2-3H3,(H,29,30)(H,33,34)(H,35,36)/t17-,20+,22-,25-/m1/s1. The normalized spacial score (nSPS) is 23.2. The largest absolute Gasteiger partial charge is 0.479 e. The summed E-state index contributed by atoms with van der Waals surface area (Å²) >= 11 is 6.21. The molecule has 4 rings (SSSR count). The fourth-order valence-electron chi connectivity index (χ4n) is 4.42. The molecule has 2 aromatic heterocycles. The lowest BCUT2D eigenvalue weighted by molar-refractivity contribution is -0.191. The summed E-state index contributed by atoms with van der Waals surface area (Å²) < 4.78 is 12.6. The van der Waals surface area contributed by atoms with Crippen molar-refractivity contribution >= 4 is 40.4 Å². The molecule has 1 aliphatic heterocycles. The molecule has 0 radical (unpaired) electrons. The van der Waals surface area contributed by atoms with Crippen molar-refractivity contribution in [2.75, 3.05) is 11.9 Å². The number of carboxylic acids is 2. The van der Waals surface area contributed by atoms with Gasteiger partial charge >= 0.3 is 11.9 Å². The van der Waals surface area contributed by atoms with Crippen molar-refractivity contribution in [3.8, 4) is 12.3 Å². The van der Waals surface area contributed by atoms with Crippen LogP contribution in [0.3, 0.4) is 0 Å². The maximum Gasteiger partial charge on any atom is 0.348 e. The third-order valence-corrected chi connectivity index (χ3v) is 6.63. The lowest BCUT2D eigenvalue weighted by Gasteiger charge is -2.30. The molecule has 0 amide bonds. The number of aliphatic hydroxyl groups is 2. The fourth-order valence-corrected chi connectivity index (χ4v) is 4.61. The molecule has 206 valence electrons. The Morgan fingerprint density at radius 3 is 2.56 bits per heavy atom. The van der Waals surface area contributed by atoms with Gasteiger partial charge < -0.3 is 35.2 Å². The SMILES string of the molecule is C#C[C@@]1(O)[C@@H](COC(Cc2ccccc2)(C(=O)O)C(=O)O)O[C@@H](n2cnc3c(NC(C)C)cc(Cl)nc32)[C@@H]1O. The number of hydrogen-bond acceptors (Lipinski definition) is 9. The van der Waals surface area contributed by atoms with Crippen LogP contribution in [0.4, 0.5) is 5.69 Å². The summed E-state index contributed by atoms with van der Waals surface area (Å²) in [6.45, 7) is 3.07. The van der Waals surface area contributed by atoms with Crippen LogP contribution in [0.2, 0.25) is 5.15 Å². The van der Waals surface area contributed by atoms with E-state index in [0.717, 1.165) is 0 Å². The highest BCUT2D eigenvalue weighted by Crippen LogP contribution is 2.40. The molecule has 0 unspecified atom stereocenters. The molecule has 0 aliphatic carbocycles. The van der Waals surface area contributed by atoms with Gasteiger partial charge in [-0.05, 0) is 19.4 Å². The number of ether oxygens (including phenoxy) is 2. The second-order valence-corrected chi connectivity index (χ2v) is 9.84. The van der Waals surface area contributed by atoms with Crippen molar-refractivity contribution in [2.45, 2.75) is 55.9 Å². The smallest absolute Gasteiger partial charge is 0.348 e. The summed E-state index contributed by atoms with van der Waals surface area (Å²) in [5.74, 6) is -1.44. The highest BCUT2D eigenvalue weighted by Gasteiger charge is 2.57. The zero-order valence-corrected chi connectivity index (χ0v) is 21.7. The number of aliphatic hydroxyl groups excluding tert-OH is 1. The van der Waals surface area contributed by atoms with Crippen molar-refractivity contribution in [1.82, 2.24) is 14.5 Å². The van der Waals surface area contributed by atoms with E-state index in [1.165, 1.54) is 10.9 Å². The van der Waals surface area contributed by atoms with Gasteiger partial charge in [-0.2, -0.15) is 0 Å². The van der Waals surface area contributed by atoms with E-state index in [1.807, 2.05) is 13.8 Å². The third kappa shape index (κ3) is 5.15. The van der Waals surface area contributed by atoms with Gasteiger partial charge in [0, 0.05) is 18.5 Å². The van der Waals surface area contributed by atoms with Crippen molar-refractivity contribution in [1.29, 1.82) is 0 Å². The Kier molecular flexibility index (Phi) is 7.83. The first-order chi connectivity index (χ1) is 18.4. The van der Waals surface area contributed by atoms with E-state index in [1.54, 1.807) is 36.4 Å². The van der Waals surface area contributed by atoms with Gasteiger partial charge in [0.15, 0.2) is 17.5 Å². The van der Waals surface area contributed by atoms with Crippen LogP contribution in [0.15, 0.2) is 42.7 Å². The number of anilines is 1. The molecule has 12 nitrogen and oxygen atoms in total. The molecule has 13 heteroatoms. The number of halogens is 1. The Morgan fingerprint density at radius 2 is 1.97 bits per heavy atom. The first kappa shape index (κ1) is 28.3. The quantitative estimate of drug-likeness (QED) is 0.139. The lowest BCUT2D eigenvalue weighted by Crippen LogP contribution is -2.55. The molecular weight excluding hydrogens is 532 g/mol. The van der Waals surface area contributed by atoms with Crippen molar-refractivity contribution in [3.05, 3.63) is 53.4 Å². The van der Waals surface area contributed by atoms with Crippen LogP contribution < -0.4 is 5.32 Å². The molecule has 1 fully saturated rings. The summed E-state index contributed by atoms with van der Waals surface area (Å²) in [5.41, 5.74) is -3.52. The van der Waals surface area contributed by atoms with E-state index in [2.05, 4.69) is 21.2 Å². The number of nitrogens with zero attached hydrogens (tertiary/aromatic N) is 3. The second-order valence-electron chi connectivity index (χ2n) is 9.46. The Bertz CT molecular complexity index is 1410. The number of rotatable bonds is 10. The van der Waals surface area contributed by atoms with Gasteiger partial charge in [0.05, 0.1) is 18.6 Å². The first-order valence-electron chi connectivity index (χ1n) is 11.9. The summed E-state index contributed by atoms with van der Waals surface area (Å²) in [7, 11) is 0. The van der Waals surface area contributed by atoms with E-state index in [4.69, 9.17) is 27.5 Å². The molecule has 5 N–H and O–H groups in total. The number of pyridine rings is 1. The van der Waals surface area contributed by atoms with Crippen LogP contribution in [0.5, 0.6) is 0 Å². The number of nitrogens with one attached hydrogen (secondary N) is 1. The monoisotopic (exact) mass is 558 g/mol. The third-order valence-electron chi connectivity index (χ3n) is 6.43. The molecule has 0 saturated carbocycles. The van der Waals surface area contributed by atoms with Crippen molar-refractivity contribution in [3.63, 3.8) is 0 Å². The lowest BCUT2D eigenvalue weighted by atomic mass is 9.92. The van der Waals surface area contributed by atoms with Gasteiger partial charge in [-0.3, -0.25) is 4.57 Å². The minimum absolute atomic E-state index is 0.0396. The molecule has 39 heavy (non-hydrogen) atoms.